The van der Waals surface area contributed by atoms with Crippen LogP contribution < -0.4 is 0 Å². The van der Waals surface area contributed by atoms with Gasteiger partial charge in [0.1, 0.15) is 6.04 Å². The molecule has 0 radical (unpaired) electrons. The predicted molar refractivity (Wildman–Crippen MR) is 81.4 cm³/mol. The van der Waals surface area contributed by atoms with Gasteiger partial charge in [-0.1, -0.05) is 6.42 Å². The molecule has 0 spiro atoms. The van der Waals surface area contributed by atoms with Crippen LogP contribution in [0.2, 0.25) is 0 Å². The van der Waals surface area contributed by atoms with E-state index in [1.54, 1.807) is 10.9 Å². The van der Waals surface area contributed by atoms with E-state index < -0.39 is 6.04 Å². The van der Waals surface area contributed by atoms with Crippen molar-refractivity contribution in [2.75, 3.05) is 32.8 Å². The minimum Gasteiger partial charge on any atom is -0.378 e. The Labute approximate surface area is 135 Å². The van der Waals surface area contributed by atoms with E-state index in [0.29, 0.717) is 39.4 Å². The van der Waals surface area contributed by atoms with E-state index in [1.807, 2.05) is 15.9 Å². The molecule has 0 aromatic carbocycles. The second-order valence-electron chi connectivity index (χ2n) is 6.57. The molecule has 1 saturated carbocycles. The number of nitrogens with zero attached hydrogens (tertiary/aromatic N) is 4. The van der Waals surface area contributed by atoms with Gasteiger partial charge in [0.15, 0.2) is 0 Å². The molecular formula is C16H22N4O3. The first-order valence-electron chi connectivity index (χ1n) is 8.42. The minimum atomic E-state index is -0.407. The topological polar surface area (TPSA) is 67.7 Å². The Balaban J connectivity index is 1.55. The first-order chi connectivity index (χ1) is 11.2. The highest BCUT2D eigenvalue weighted by atomic mass is 16.5. The second-order valence-corrected chi connectivity index (χ2v) is 6.57. The summed E-state index contributed by atoms with van der Waals surface area (Å²) >= 11 is 0. The summed E-state index contributed by atoms with van der Waals surface area (Å²) in [6.45, 7) is 3.37. The summed E-state index contributed by atoms with van der Waals surface area (Å²) in [5.41, 5.74) is 0.940. The lowest BCUT2D eigenvalue weighted by atomic mass is 9.84. The van der Waals surface area contributed by atoms with Gasteiger partial charge in [0.05, 0.1) is 32.0 Å². The van der Waals surface area contributed by atoms with Gasteiger partial charge in [-0.2, -0.15) is 5.10 Å². The number of carbonyl (C=O) groups excluding carboxylic acids is 2. The van der Waals surface area contributed by atoms with Crippen molar-refractivity contribution in [3.63, 3.8) is 0 Å². The number of morpholine rings is 1. The summed E-state index contributed by atoms with van der Waals surface area (Å²) in [7, 11) is 0. The number of hydrogen-bond donors (Lipinski definition) is 0. The van der Waals surface area contributed by atoms with Crippen molar-refractivity contribution in [2.24, 2.45) is 5.92 Å². The Morgan fingerprint density at radius 2 is 1.91 bits per heavy atom. The van der Waals surface area contributed by atoms with E-state index >= 15 is 0 Å². The van der Waals surface area contributed by atoms with Crippen molar-refractivity contribution in [2.45, 2.75) is 31.8 Å². The molecule has 1 unspecified atom stereocenters. The Morgan fingerprint density at radius 1 is 1.13 bits per heavy atom. The molecule has 1 saturated heterocycles. The van der Waals surface area contributed by atoms with Crippen molar-refractivity contribution in [3.8, 4) is 0 Å². The van der Waals surface area contributed by atoms with Crippen LogP contribution in [0.3, 0.4) is 0 Å². The van der Waals surface area contributed by atoms with Crippen LogP contribution in [-0.2, 0) is 20.9 Å². The van der Waals surface area contributed by atoms with Crippen LogP contribution in [0.4, 0.5) is 0 Å². The molecule has 23 heavy (non-hydrogen) atoms. The molecule has 2 amide bonds. The number of aromatic nitrogens is 2. The lowest BCUT2D eigenvalue weighted by molar-refractivity contribution is -0.145. The first kappa shape index (κ1) is 14.7. The first-order valence-corrected chi connectivity index (χ1v) is 8.42. The smallest absolute Gasteiger partial charge is 0.249 e. The zero-order valence-electron chi connectivity index (χ0n) is 13.2. The van der Waals surface area contributed by atoms with E-state index in [0.717, 1.165) is 25.0 Å². The van der Waals surface area contributed by atoms with Crippen molar-refractivity contribution in [1.82, 2.24) is 19.6 Å². The SMILES string of the molecule is O=C(C1CCC1)N1Cc2ccnn2C(C(=O)N2CCOCC2)C1. The van der Waals surface area contributed by atoms with E-state index in [9.17, 15) is 9.59 Å². The highest BCUT2D eigenvalue weighted by Gasteiger charge is 2.38. The van der Waals surface area contributed by atoms with E-state index in [4.69, 9.17) is 4.74 Å². The quantitative estimate of drug-likeness (QED) is 0.793. The van der Waals surface area contributed by atoms with Gasteiger partial charge in [0.25, 0.3) is 0 Å². The van der Waals surface area contributed by atoms with Gasteiger partial charge in [-0.25, -0.2) is 0 Å². The maximum atomic E-state index is 12.9. The number of hydrogen-bond acceptors (Lipinski definition) is 4. The predicted octanol–water partition coefficient (Wildman–Crippen LogP) is 0.425. The standard InChI is InChI=1S/C16H22N4O3/c21-15(12-2-1-3-12)19-10-13-4-5-17-20(13)14(11-19)16(22)18-6-8-23-9-7-18/h4-5,12,14H,1-3,6-11H2. The average molecular weight is 318 g/mol. The Bertz CT molecular complexity index is 604. The largest absolute Gasteiger partial charge is 0.378 e. The van der Waals surface area contributed by atoms with Crippen molar-refractivity contribution >= 4 is 11.8 Å². The molecular weight excluding hydrogens is 296 g/mol. The van der Waals surface area contributed by atoms with Crippen LogP contribution >= 0.6 is 0 Å². The summed E-state index contributed by atoms with van der Waals surface area (Å²) in [5.74, 6) is 0.399. The van der Waals surface area contributed by atoms with Crippen LogP contribution in [0.15, 0.2) is 12.3 Å². The maximum absolute atomic E-state index is 12.9. The molecule has 124 valence electrons. The van der Waals surface area contributed by atoms with Gasteiger partial charge in [-0.15, -0.1) is 0 Å². The van der Waals surface area contributed by atoms with Gasteiger partial charge in [0.2, 0.25) is 11.8 Å². The number of amides is 2. The number of rotatable bonds is 2. The van der Waals surface area contributed by atoms with Gasteiger partial charge < -0.3 is 14.5 Å². The fourth-order valence-corrected chi connectivity index (χ4v) is 3.55. The van der Waals surface area contributed by atoms with Gasteiger partial charge in [-0.3, -0.25) is 14.3 Å². The van der Waals surface area contributed by atoms with Crippen molar-refractivity contribution in [3.05, 3.63) is 18.0 Å². The van der Waals surface area contributed by atoms with Gasteiger partial charge in [-0.05, 0) is 18.9 Å². The summed E-state index contributed by atoms with van der Waals surface area (Å²) in [5, 5.41) is 4.33. The van der Waals surface area contributed by atoms with Crippen LogP contribution in [0.1, 0.15) is 31.0 Å². The highest BCUT2D eigenvalue weighted by molar-refractivity contribution is 5.84. The molecule has 4 rings (SSSR count). The maximum Gasteiger partial charge on any atom is 0.249 e. The van der Waals surface area contributed by atoms with Crippen molar-refractivity contribution < 1.29 is 14.3 Å². The molecule has 2 aliphatic heterocycles. The van der Waals surface area contributed by atoms with Crippen LogP contribution in [0.25, 0.3) is 0 Å². The molecule has 7 nitrogen and oxygen atoms in total. The molecule has 2 fully saturated rings. The third-order valence-electron chi connectivity index (χ3n) is 5.17. The monoisotopic (exact) mass is 318 g/mol. The third-order valence-corrected chi connectivity index (χ3v) is 5.17. The van der Waals surface area contributed by atoms with E-state index in [2.05, 4.69) is 5.10 Å². The van der Waals surface area contributed by atoms with E-state index in [1.165, 1.54) is 0 Å². The fraction of sp³-hybridized carbons (Fsp3) is 0.688. The molecule has 3 aliphatic rings. The molecule has 1 atom stereocenters. The lowest BCUT2D eigenvalue weighted by Gasteiger charge is -2.39. The Kier molecular flexibility index (Phi) is 3.80. The zero-order valence-corrected chi connectivity index (χ0v) is 13.2. The summed E-state index contributed by atoms with van der Waals surface area (Å²) in [4.78, 5) is 29.2. The van der Waals surface area contributed by atoms with Crippen LogP contribution in [-0.4, -0.2) is 64.2 Å². The molecule has 7 heteroatoms. The Morgan fingerprint density at radius 3 is 2.61 bits per heavy atom. The summed E-state index contributed by atoms with van der Waals surface area (Å²) in [6.07, 6.45) is 4.82. The number of carbonyl (C=O) groups is 2. The van der Waals surface area contributed by atoms with Crippen LogP contribution in [0.5, 0.6) is 0 Å². The van der Waals surface area contributed by atoms with Gasteiger partial charge >= 0.3 is 0 Å². The zero-order chi connectivity index (χ0) is 15.8. The Hall–Kier alpha value is -1.89. The van der Waals surface area contributed by atoms with Gasteiger partial charge in [0, 0.05) is 25.2 Å². The summed E-state index contributed by atoms with van der Waals surface area (Å²) in [6, 6.07) is 1.50. The number of fused-ring (bicyclic) bond motifs is 1. The number of ether oxygens (including phenoxy) is 1. The molecule has 1 aromatic heterocycles. The fourth-order valence-electron chi connectivity index (χ4n) is 3.55. The molecule has 1 aromatic rings. The molecule has 0 bridgehead atoms. The van der Waals surface area contributed by atoms with E-state index in [-0.39, 0.29) is 17.7 Å². The lowest BCUT2D eigenvalue weighted by Crippen LogP contribution is -2.51. The second kappa shape index (κ2) is 5.96. The average Bonchev–Trinajstić information content (AvgIpc) is 3.01. The summed E-state index contributed by atoms with van der Waals surface area (Å²) < 4.78 is 7.12. The minimum absolute atomic E-state index is 0.0457. The normalized spacial score (nSPS) is 25.0. The van der Waals surface area contributed by atoms with Crippen molar-refractivity contribution in [1.29, 1.82) is 0 Å². The third kappa shape index (κ3) is 2.63. The highest BCUT2D eigenvalue weighted by Crippen LogP contribution is 2.31. The van der Waals surface area contributed by atoms with Crippen LogP contribution in [0, 0.1) is 5.92 Å². The molecule has 0 N–H and O–H groups in total. The molecule has 1 aliphatic carbocycles. The molecule has 3 heterocycles.